The zero-order chi connectivity index (χ0) is 12.1. The largest absolute Gasteiger partial charge is 0.269 e. The number of non-ortho nitro benzene ring substituents is 1. The minimum atomic E-state index is -0.438. The molecule has 1 aromatic carbocycles. The van der Waals surface area contributed by atoms with Gasteiger partial charge in [-0.3, -0.25) is 20.1 Å². The molecule has 0 atom stereocenters. The molecule has 0 unspecified atom stereocenters. The van der Waals surface area contributed by atoms with E-state index in [0.29, 0.717) is 5.69 Å². The lowest BCUT2D eigenvalue weighted by molar-refractivity contribution is -0.384. The number of benzene rings is 1. The minimum absolute atomic E-state index is 0.0572. The molecule has 0 aliphatic rings. The lowest BCUT2D eigenvalue weighted by Crippen LogP contribution is -1.86. The molecule has 1 aromatic heterocycles. The fourth-order valence-electron chi connectivity index (χ4n) is 1.25. The average Bonchev–Trinajstić information content (AvgIpc) is 2.38. The second-order valence-electron chi connectivity index (χ2n) is 3.29. The Bertz CT molecular complexity index is 535. The normalized spacial score (nSPS) is 10.6. The molecule has 0 saturated heterocycles. The van der Waals surface area contributed by atoms with Crippen LogP contribution in [0.2, 0.25) is 0 Å². The highest BCUT2D eigenvalue weighted by molar-refractivity contribution is 5.79. The van der Waals surface area contributed by atoms with Gasteiger partial charge in [0.05, 0.1) is 22.5 Å². The molecule has 5 nitrogen and oxygen atoms in total. The van der Waals surface area contributed by atoms with Crippen LogP contribution in [-0.2, 0) is 0 Å². The van der Waals surface area contributed by atoms with Gasteiger partial charge < -0.3 is 0 Å². The van der Waals surface area contributed by atoms with Crippen molar-refractivity contribution in [2.75, 3.05) is 0 Å². The number of nitrogens with zero attached hydrogens (tertiary/aromatic N) is 3. The summed E-state index contributed by atoms with van der Waals surface area (Å²) in [6.07, 6.45) is 3.29. The number of rotatable bonds is 3. The number of nitro groups is 1. The predicted octanol–water partition coefficient (Wildman–Crippen LogP) is 2.74. The van der Waals surface area contributed by atoms with Gasteiger partial charge in [0.1, 0.15) is 0 Å². The summed E-state index contributed by atoms with van der Waals surface area (Å²) >= 11 is 0. The van der Waals surface area contributed by atoms with Crippen molar-refractivity contribution in [1.82, 2.24) is 4.98 Å². The van der Waals surface area contributed by atoms with Gasteiger partial charge in [0, 0.05) is 18.3 Å². The molecule has 0 amide bonds. The Morgan fingerprint density at radius 1 is 1.18 bits per heavy atom. The maximum atomic E-state index is 10.4. The summed E-state index contributed by atoms with van der Waals surface area (Å²) in [5.41, 5.74) is 1.45. The lowest BCUT2D eigenvalue weighted by Gasteiger charge is -1.93. The standard InChI is InChI=1S/C12H9N3O2/c16-15(17)12-6-4-10(5-7-12)14-9-11-3-1-2-8-13-11/h1-9H. The van der Waals surface area contributed by atoms with Crippen LogP contribution in [0.1, 0.15) is 5.69 Å². The molecule has 0 spiro atoms. The van der Waals surface area contributed by atoms with Crippen LogP contribution < -0.4 is 0 Å². The van der Waals surface area contributed by atoms with Crippen LogP contribution in [0.25, 0.3) is 0 Å². The van der Waals surface area contributed by atoms with Crippen LogP contribution in [0, 0.1) is 10.1 Å². The Labute approximate surface area is 97.6 Å². The molecule has 0 N–H and O–H groups in total. The third-order valence-electron chi connectivity index (χ3n) is 2.09. The zero-order valence-electron chi connectivity index (χ0n) is 8.85. The fourth-order valence-corrected chi connectivity index (χ4v) is 1.25. The predicted molar refractivity (Wildman–Crippen MR) is 64.6 cm³/mol. The Hall–Kier alpha value is -2.56. The van der Waals surface area contributed by atoms with Crippen LogP contribution >= 0.6 is 0 Å². The number of aliphatic imine (C=N–C) groups is 1. The van der Waals surface area contributed by atoms with Gasteiger partial charge in [-0.05, 0) is 24.3 Å². The molecule has 5 heteroatoms. The van der Waals surface area contributed by atoms with E-state index >= 15 is 0 Å². The van der Waals surface area contributed by atoms with Crippen LogP contribution in [0.4, 0.5) is 11.4 Å². The first-order valence-corrected chi connectivity index (χ1v) is 4.95. The first-order valence-electron chi connectivity index (χ1n) is 4.95. The number of hydrogen-bond acceptors (Lipinski definition) is 4. The monoisotopic (exact) mass is 227 g/mol. The van der Waals surface area contributed by atoms with Crippen molar-refractivity contribution in [3.63, 3.8) is 0 Å². The van der Waals surface area contributed by atoms with Crippen molar-refractivity contribution in [2.24, 2.45) is 4.99 Å². The minimum Gasteiger partial charge on any atom is -0.258 e. The van der Waals surface area contributed by atoms with E-state index in [1.807, 2.05) is 18.2 Å². The van der Waals surface area contributed by atoms with Gasteiger partial charge in [0.2, 0.25) is 0 Å². The molecule has 17 heavy (non-hydrogen) atoms. The van der Waals surface area contributed by atoms with Crippen LogP contribution in [0.3, 0.4) is 0 Å². The summed E-state index contributed by atoms with van der Waals surface area (Å²) in [4.78, 5) is 18.3. The molecule has 0 aliphatic heterocycles. The van der Waals surface area contributed by atoms with E-state index in [-0.39, 0.29) is 5.69 Å². The van der Waals surface area contributed by atoms with Crippen molar-refractivity contribution in [3.05, 3.63) is 64.5 Å². The van der Waals surface area contributed by atoms with Gasteiger partial charge in [0.15, 0.2) is 0 Å². The summed E-state index contributed by atoms with van der Waals surface area (Å²) < 4.78 is 0. The molecule has 0 saturated carbocycles. The number of pyridine rings is 1. The van der Waals surface area contributed by atoms with E-state index in [4.69, 9.17) is 0 Å². The van der Waals surface area contributed by atoms with Crippen molar-refractivity contribution >= 4 is 17.6 Å². The molecule has 84 valence electrons. The lowest BCUT2D eigenvalue weighted by atomic mass is 10.3. The Kier molecular flexibility index (Phi) is 3.20. The molecule has 0 aliphatic carbocycles. The van der Waals surface area contributed by atoms with E-state index in [2.05, 4.69) is 9.98 Å². The summed E-state index contributed by atoms with van der Waals surface area (Å²) in [6, 6.07) is 11.5. The maximum Gasteiger partial charge on any atom is 0.269 e. The third kappa shape index (κ3) is 2.94. The second-order valence-corrected chi connectivity index (χ2v) is 3.29. The van der Waals surface area contributed by atoms with Crippen LogP contribution in [0.5, 0.6) is 0 Å². The molecular weight excluding hydrogens is 218 g/mol. The van der Waals surface area contributed by atoms with E-state index in [0.717, 1.165) is 5.69 Å². The highest BCUT2D eigenvalue weighted by Gasteiger charge is 2.02. The third-order valence-corrected chi connectivity index (χ3v) is 2.09. The first-order chi connectivity index (χ1) is 8.25. The van der Waals surface area contributed by atoms with E-state index in [9.17, 15) is 10.1 Å². The second kappa shape index (κ2) is 4.98. The van der Waals surface area contributed by atoms with Crippen molar-refractivity contribution in [2.45, 2.75) is 0 Å². The van der Waals surface area contributed by atoms with Gasteiger partial charge in [-0.1, -0.05) is 6.07 Å². The summed E-state index contributed by atoms with van der Waals surface area (Å²) in [7, 11) is 0. The van der Waals surface area contributed by atoms with Gasteiger partial charge in [-0.2, -0.15) is 0 Å². The topological polar surface area (TPSA) is 68.4 Å². The van der Waals surface area contributed by atoms with Gasteiger partial charge in [-0.25, -0.2) is 0 Å². The highest BCUT2D eigenvalue weighted by atomic mass is 16.6. The van der Waals surface area contributed by atoms with E-state index in [1.54, 1.807) is 24.5 Å². The Morgan fingerprint density at radius 2 is 1.94 bits per heavy atom. The van der Waals surface area contributed by atoms with Gasteiger partial charge >= 0.3 is 0 Å². The summed E-state index contributed by atoms with van der Waals surface area (Å²) in [5.74, 6) is 0. The summed E-state index contributed by atoms with van der Waals surface area (Å²) in [5, 5.41) is 10.4. The van der Waals surface area contributed by atoms with Crippen LogP contribution in [-0.4, -0.2) is 16.1 Å². The first kappa shape index (κ1) is 10.9. The fraction of sp³-hybridized carbons (Fsp3) is 0. The molecule has 2 rings (SSSR count). The molecule has 0 bridgehead atoms. The molecular formula is C12H9N3O2. The SMILES string of the molecule is O=[N+]([O-])c1ccc(N=Cc2ccccn2)cc1. The smallest absolute Gasteiger partial charge is 0.258 e. The van der Waals surface area contributed by atoms with E-state index in [1.165, 1.54) is 12.1 Å². The number of hydrogen-bond donors (Lipinski definition) is 0. The highest BCUT2D eigenvalue weighted by Crippen LogP contribution is 2.17. The number of nitro benzene ring substituents is 1. The van der Waals surface area contributed by atoms with Crippen LogP contribution in [0.15, 0.2) is 53.7 Å². The Balaban J connectivity index is 2.14. The summed E-state index contributed by atoms with van der Waals surface area (Å²) in [6.45, 7) is 0. The zero-order valence-corrected chi connectivity index (χ0v) is 8.85. The molecule has 0 radical (unpaired) electrons. The molecule has 2 aromatic rings. The van der Waals surface area contributed by atoms with Gasteiger partial charge in [0.25, 0.3) is 5.69 Å². The van der Waals surface area contributed by atoms with Gasteiger partial charge in [-0.15, -0.1) is 0 Å². The maximum absolute atomic E-state index is 10.4. The van der Waals surface area contributed by atoms with Crippen molar-refractivity contribution in [3.8, 4) is 0 Å². The Morgan fingerprint density at radius 3 is 2.53 bits per heavy atom. The van der Waals surface area contributed by atoms with Crippen molar-refractivity contribution in [1.29, 1.82) is 0 Å². The van der Waals surface area contributed by atoms with Crippen molar-refractivity contribution < 1.29 is 4.92 Å². The quantitative estimate of drug-likeness (QED) is 0.460. The molecule has 1 heterocycles. The average molecular weight is 227 g/mol. The molecule has 0 fully saturated rings. The van der Waals surface area contributed by atoms with E-state index < -0.39 is 4.92 Å². The number of aromatic nitrogens is 1.